The Morgan fingerprint density at radius 3 is 0.923 bits per heavy atom. The molecule has 0 aromatic heterocycles. The van der Waals surface area contributed by atoms with Crippen LogP contribution in [0.25, 0.3) is 0 Å². The molecule has 0 spiro atoms. The van der Waals surface area contributed by atoms with E-state index in [4.69, 9.17) is 39.6 Å². The Kier molecular flexibility index (Phi) is 11.8. The topological polar surface area (TPSA) is 152 Å². The maximum Gasteiger partial charge on any atom is 1.00 e. The molecule has 8 nitrogen and oxygen atoms in total. The van der Waals surface area contributed by atoms with Crippen LogP contribution >= 0.6 is 0 Å². The van der Waals surface area contributed by atoms with E-state index in [2.05, 4.69) is 0 Å². The molecule has 0 aromatic carbocycles. The van der Waals surface area contributed by atoms with Crippen LogP contribution in [0.15, 0.2) is 0 Å². The Hall–Kier alpha value is -1.38. The van der Waals surface area contributed by atoms with Crippen LogP contribution < -0.4 is 5.11 Å². The number of hydrogen-bond donors (Lipinski definition) is 3. The first-order valence-corrected chi connectivity index (χ1v) is 2.19. The molecule has 0 fully saturated rings. The predicted molar refractivity (Wildman–Crippen MR) is 27.9 cm³/mol. The number of carboxylic acid groups (broad SMARTS) is 4. The fraction of sp³-hybridized carbons (Fsp3) is 0. The molecule has 0 radical (unpaired) electrons. The van der Waals surface area contributed by atoms with Crippen molar-refractivity contribution in [1.29, 1.82) is 0 Å². The first-order valence-electron chi connectivity index (χ1n) is 2.19. The Bertz CT molecular complexity index is 172. The van der Waals surface area contributed by atoms with Gasteiger partial charge in [0.05, 0.1) is 0 Å². The second-order valence-corrected chi connectivity index (χ2v) is 1.20. The smallest absolute Gasteiger partial charge is 0.539 e. The monoisotopic (exact) mass is 286 g/mol. The molecule has 0 rings (SSSR count). The minimum absolute atomic E-state index is 0. The average molecular weight is 287 g/mol. The van der Waals surface area contributed by atoms with E-state index in [1.165, 1.54) is 0 Å². The summed E-state index contributed by atoms with van der Waals surface area (Å²) in [5.74, 6) is -7.66. The molecule has 0 amide bonds. The largest absolute Gasteiger partial charge is 1.00 e. The Morgan fingerprint density at radius 1 is 0.769 bits per heavy atom. The Labute approximate surface area is 86.3 Å². The van der Waals surface area contributed by atoms with Gasteiger partial charge in [0.15, 0.2) is 5.97 Å². The zero-order valence-corrected chi connectivity index (χ0v) is 7.17. The average Bonchev–Trinajstić information content (AvgIpc) is 1.88. The predicted octanol–water partition coefficient (Wildman–Crippen LogP) is -3.03. The zero-order valence-electron chi connectivity index (χ0n) is 5.68. The molecule has 0 saturated carbocycles. The molecule has 0 aromatic rings. The van der Waals surface area contributed by atoms with Gasteiger partial charge in [0, 0.05) is 0 Å². The van der Waals surface area contributed by atoms with Crippen LogP contribution in [-0.4, -0.2) is 39.2 Å². The van der Waals surface area contributed by atoms with Gasteiger partial charge in [-0.15, -0.1) is 0 Å². The van der Waals surface area contributed by atoms with Gasteiger partial charge in [-0.3, -0.25) is 0 Å². The van der Waals surface area contributed by atoms with Gasteiger partial charge in [-0.1, -0.05) is 0 Å². The van der Waals surface area contributed by atoms with Crippen LogP contribution in [0.1, 0.15) is 0 Å². The van der Waals surface area contributed by atoms with Crippen LogP contribution in [0.3, 0.4) is 0 Å². The number of rotatable bonds is 0. The summed E-state index contributed by atoms with van der Waals surface area (Å²) in [7, 11) is 0. The number of carboxylic acids is 4. The van der Waals surface area contributed by atoms with Crippen LogP contribution in [0.2, 0.25) is 0 Å². The molecular formula is C4H3AgO8. The number of hydrogen-bond acceptors (Lipinski definition) is 5. The fourth-order valence-corrected chi connectivity index (χ4v) is 0. The number of carbonyl (C=O) groups excluding carboxylic acids is 1. The van der Waals surface area contributed by atoms with Crippen molar-refractivity contribution in [1.82, 2.24) is 0 Å². The second-order valence-electron chi connectivity index (χ2n) is 1.20. The van der Waals surface area contributed by atoms with Crippen LogP contribution in [0.5, 0.6) is 0 Å². The van der Waals surface area contributed by atoms with Crippen molar-refractivity contribution in [2.24, 2.45) is 0 Å². The van der Waals surface area contributed by atoms with Crippen molar-refractivity contribution in [2.75, 3.05) is 0 Å². The third kappa shape index (κ3) is 18.0. The quantitative estimate of drug-likeness (QED) is 0.314. The third-order valence-electron chi connectivity index (χ3n) is 0.358. The van der Waals surface area contributed by atoms with Crippen molar-refractivity contribution < 1.29 is 62.0 Å². The van der Waals surface area contributed by atoms with Gasteiger partial charge in [-0.05, 0) is 0 Å². The van der Waals surface area contributed by atoms with Crippen molar-refractivity contribution in [3.8, 4) is 0 Å². The first kappa shape index (κ1) is 17.6. The molecular weight excluding hydrogens is 284 g/mol. The number of aliphatic carboxylic acids is 4. The van der Waals surface area contributed by atoms with E-state index in [0.29, 0.717) is 0 Å². The van der Waals surface area contributed by atoms with E-state index in [0.717, 1.165) is 0 Å². The van der Waals surface area contributed by atoms with Crippen molar-refractivity contribution in [3.05, 3.63) is 0 Å². The van der Waals surface area contributed by atoms with Gasteiger partial charge in [0.1, 0.15) is 0 Å². The van der Waals surface area contributed by atoms with Crippen LogP contribution in [0.4, 0.5) is 0 Å². The molecule has 13 heavy (non-hydrogen) atoms. The minimum atomic E-state index is -2.07. The maximum absolute atomic E-state index is 9.10. The molecule has 0 aliphatic rings. The SMILES string of the molecule is O=C(O)C(=O)O.O=C([O-])C(=O)O.[Ag+]. The summed E-state index contributed by atoms with van der Waals surface area (Å²) in [4.78, 5) is 36.2. The molecule has 0 unspecified atom stereocenters. The zero-order chi connectivity index (χ0) is 10.3. The molecule has 0 bridgehead atoms. The molecule has 0 saturated heterocycles. The Balaban J connectivity index is -0.000000143. The van der Waals surface area contributed by atoms with Gasteiger partial charge in [-0.25, -0.2) is 14.4 Å². The van der Waals surface area contributed by atoms with E-state index in [9.17, 15) is 0 Å². The standard InChI is InChI=1S/2C2H2O4.Ag/c2*3-1(4)2(5)6;/h2*(H,3,4)(H,5,6);/q;;+1/p-1. The molecule has 78 valence electrons. The van der Waals surface area contributed by atoms with Gasteiger partial charge >= 0.3 is 40.3 Å². The van der Waals surface area contributed by atoms with Gasteiger partial charge in [0.2, 0.25) is 0 Å². The van der Waals surface area contributed by atoms with Gasteiger partial charge < -0.3 is 25.2 Å². The Morgan fingerprint density at radius 2 is 0.923 bits per heavy atom. The molecule has 0 heterocycles. The summed E-state index contributed by atoms with van der Waals surface area (Å²) >= 11 is 0. The third-order valence-corrected chi connectivity index (χ3v) is 0.358. The number of carbonyl (C=O) groups is 4. The molecule has 0 atom stereocenters. The second kappa shape index (κ2) is 8.71. The van der Waals surface area contributed by atoms with Crippen molar-refractivity contribution >= 4 is 23.9 Å². The summed E-state index contributed by atoms with van der Waals surface area (Å²) in [6.07, 6.45) is 0. The van der Waals surface area contributed by atoms with Crippen molar-refractivity contribution in [3.63, 3.8) is 0 Å². The molecule has 0 aliphatic heterocycles. The summed E-state index contributed by atoms with van der Waals surface area (Å²) < 4.78 is 0. The van der Waals surface area contributed by atoms with Gasteiger partial charge in [0.25, 0.3) is 0 Å². The van der Waals surface area contributed by atoms with E-state index in [1.54, 1.807) is 0 Å². The first-order chi connectivity index (χ1) is 5.29. The van der Waals surface area contributed by atoms with E-state index in [-0.39, 0.29) is 22.4 Å². The summed E-state index contributed by atoms with van der Waals surface area (Å²) in [5, 5.41) is 31.1. The van der Waals surface area contributed by atoms with Gasteiger partial charge in [-0.2, -0.15) is 0 Å². The fourth-order valence-electron chi connectivity index (χ4n) is 0. The summed E-state index contributed by atoms with van der Waals surface area (Å²) in [6, 6.07) is 0. The van der Waals surface area contributed by atoms with E-state index < -0.39 is 23.9 Å². The van der Waals surface area contributed by atoms with Crippen LogP contribution in [-0.2, 0) is 41.6 Å². The summed E-state index contributed by atoms with van der Waals surface area (Å²) in [6.45, 7) is 0. The molecule has 0 aliphatic carbocycles. The maximum atomic E-state index is 9.10. The molecule has 3 N–H and O–H groups in total. The van der Waals surface area contributed by atoms with E-state index in [1.807, 2.05) is 0 Å². The normalized spacial score (nSPS) is 6.77. The van der Waals surface area contributed by atoms with Crippen molar-refractivity contribution in [2.45, 2.75) is 0 Å². The minimum Gasteiger partial charge on any atom is -0.539 e. The van der Waals surface area contributed by atoms with E-state index >= 15 is 0 Å². The molecule has 9 heteroatoms. The summed E-state index contributed by atoms with van der Waals surface area (Å²) in [5.41, 5.74) is 0. The van der Waals surface area contributed by atoms with Crippen LogP contribution in [0, 0.1) is 0 Å².